The number of piperidine rings is 1. The summed E-state index contributed by atoms with van der Waals surface area (Å²) < 4.78 is 5.35. The zero-order valence-corrected chi connectivity index (χ0v) is 18.6. The summed E-state index contributed by atoms with van der Waals surface area (Å²) >= 11 is 0. The van der Waals surface area contributed by atoms with Crippen LogP contribution in [0.4, 0.5) is 5.69 Å². The smallest absolute Gasteiger partial charge is 0.254 e. The molecule has 0 radical (unpaired) electrons. The number of ether oxygens (including phenoxy) is 1. The first-order chi connectivity index (χ1) is 14.2. The predicted octanol–water partition coefficient (Wildman–Crippen LogP) is 4.79. The molecule has 0 bridgehead atoms. The number of hydrogen-bond donors (Lipinski definition) is 1. The number of carbonyl (C=O) groups excluding carboxylic acids is 2. The Morgan fingerprint density at radius 2 is 1.87 bits per heavy atom. The van der Waals surface area contributed by atoms with Crippen LogP contribution in [0.25, 0.3) is 0 Å². The van der Waals surface area contributed by atoms with Crippen molar-refractivity contribution in [3.63, 3.8) is 0 Å². The number of anilines is 1. The molecule has 0 aromatic heterocycles. The van der Waals surface area contributed by atoms with Gasteiger partial charge in [0, 0.05) is 29.9 Å². The summed E-state index contributed by atoms with van der Waals surface area (Å²) in [5.74, 6) is 0.414. The Kier molecular flexibility index (Phi) is 6.49. The van der Waals surface area contributed by atoms with Gasteiger partial charge in [0.25, 0.3) is 5.91 Å². The van der Waals surface area contributed by atoms with Crippen molar-refractivity contribution in [1.29, 1.82) is 0 Å². The molecule has 1 N–H and O–H groups in total. The van der Waals surface area contributed by atoms with Gasteiger partial charge in [0.1, 0.15) is 5.75 Å². The van der Waals surface area contributed by atoms with E-state index in [4.69, 9.17) is 4.74 Å². The van der Waals surface area contributed by atoms with E-state index in [1.807, 2.05) is 43.3 Å². The number of methoxy groups -OCH3 is 1. The molecule has 2 aromatic carbocycles. The average molecular weight is 409 g/mol. The number of hydrogen-bond acceptors (Lipinski definition) is 3. The molecule has 2 aromatic rings. The predicted molar refractivity (Wildman–Crippen MR) is 120 cm³/mol. The Bertz CT molecular complexity index is 930. The molecule has 0 aliphatic carbocycles. The summed E-state index contributed by atoms with van der Waals surface area (Å²) in [7, 11) is 1.60. The highest BCUT2D eigenvalue weighted by Crippen LogP contribution is 2.27. The van der Waals surface area contributed by atoms with Gasteiger partial charge in [0.2, 0.25) is 5.91 Å². The summed E-state index contributed by atoms with van der Waals surface area (Å²) in [6, 6.07) is 13.5. The lowest BCUT2D eigenvalue weighted by atomic mass is 9.87. The molecule has 0 spiro atoms. The Morgan fingerprint density at radius 1 is 1.13 bits per heavy atom. The highest BCUT2D eigenvalue weighted by molar-refractivity contribution is 5.97. The molecule has 0 saturated carbocycles. The molecule has 1 aliphatic rings. The van der Waals surface area contributed by atoms with E-state index in [2.05, 4.69) is 32.2 Å². The van der Waals surface area contributed by atoms with Crippen molar-refractivity contribution in [2.45, 2.75) is 46.0 Å². The van der Waals surface area contributed by atoms with Gasteiger partial charge in [0.15, 0.2) is 0 Å². The van der Waals surface area contributed by atoms with Crippen molar-refractivity contribution in [2.75, 3.05) is 25.5 Å². The lowest BCUT2D eigenvalue weighted by Gasteiger charge is -2.32. The van der Waals surface area contributed by atoms with Crippen LogP contribution in [0.2, 0.25) is 0 Å². The molecule has 160 valence electrons. The first-order valence-electron chi connectivity index (χ1n) is 10.5. The summed E-state index contributed by atoms with van der Waals surface area (Å²) in [6.45, 7) is 9.44. The maximum absolute atomic E-state index is 13.1. The fraction of sp³-hybridized carbons (Fsp3) is 0.440. The maximum atomic E-state index is 13.1. The van der Waals surface area contributed by atoms with Crippen molar-refractivity contribution >= 4 is 17.5 Å². The SMILES string of the molecule is COc1cccc(C(=O)N2CCC[C@H](C(=O)Nc3cccc(C(C)(C)C)c3)C2)c1C. The number of nitrogens with one attached hydrogen (secondary N) is 1. The zero-order chi connectivity index (χ0) is 21.9. The van der Waals surface area contributed by atoms with E-state index in [0.717, 1.165) is 24.1 Å². The quantitative estimate of drug-likeness (QED) is 0.791. The van der Waals surface area contributed by atoms with E-state index in [-0.39, 0.29) is 23.1 Å². The van der Waals surface area contributed by atoms with E-state index in [9.17, 15) is 9.59 Å². The van der Waals surface area contributed by atoms with E-state index in [0.29, 0.717) is 24.4 Å². The highest BCUT2D eigenvalue weighted by atomic mass is 16.5. The van der Waals surface area contributed by atoms with Crippen molar-refractivity contribution in [3.05, 3.63) is 59.2 Å². The lowest BCUT2D eigenvalue weighted by molar-refractivity contribution is -0.121. The number of likely N-dealkylation sites (tertiary alicyclic amines) is 1. The average Bonchev–Trinajstić information content (AvgIpc) is 2.73. The number of benzene rings is 2. The summed E-state index contributed by atoms with van der Waals surface area (Å²) in [4.78, 5) is 27.8. The number of carbonyl (C=O) groups is 2. The minimum Gasteiger partial charge on any atom is -0.496 e. The van der Waals surface area contributed by atoms with Gasteiger partial charge >= 0.3 is 0 Å². The molecule has 30 heavy (non-hydrogen) atoms. The topological polar surface area (TPSA) is 58.6 Å². The molecule has 3 rings (SSSR count). The van der Waals surface area contributed by atoms with Gasteiger partial charge in [-0.2, -0.15) is 0 Å². The number of amides is 2. The third-order valence-corrected chi connectivity index (χ3v) is 5.81. The Morgan fingerprint density at radius 3 is 2.57 bits per heavy atom. The molecule has 0 unspecified atom stereocenters. The van der Waals surface area contributed by atoms with Crippen molar-refractivity contribution in [2.24, 2.45) is 5.92 Å². The van der Waals surface area contributed by atoms with Crippen LogP contribution in [-0.4, -0.2) is 36.9 Å². The number of rotatable bonds is 4. The summed E-state index contributed by atoms with van der Waals surface area (Å²) in [5.41, 5.74) is 3.46. The first kappa shape index (κ1) is 21.9. The molecule has 1 heterocycles. The minimum absolute atomic E-state index is 0.0173. The zero-order valence-electron chi connectivity index (χ0n) is 18.6. The van der Waals surface area contributed by atoms with Crippen LogP contribution in [0.3, 0.4) is 0 Å². The van der Waals surface area contributed by atoms with E-state index < -0.39 is 0 Å². The van der Waals surface area contributed by atoms with Gasteiger partial charge in [-0.25, -0.2) is 0 Å². The Labute approximate surface area is 179 Å². The van der Waals surface area contributed by atoms with Gasteiger partial charge < -0.3 is 15.0 Å². The maximum Gasteiger partial charge on any atom is 0.254 e. The second-order valence-corrected chi connectivity index (χ2v) is 9.04. The molecule has 1 aliphatic heterocycles. The molecule has 2 amide bonds. The third kappa shape index (κ3) is 4.84. The normalized spacial score (nSPS) is 16.8. The van der Waals surface area contributed by atoms with Gasteiger partial charge in [-0.05, 0) is 55.0 Å². The van der Waals surface area contributed by atoms with Gasteiger partial charge in [0.05, 0.1) is 13.0 Å². The molecular weight excluding hydrogens is 376 g/mol. The monoisotopic (exact) mass is 408 g/mol. The first-order valence-corrected chi connectivity index (χ1v) is 10.5. The minimum atomic E-state index is -0.216. The fourth-order valence-corrected chi connectivity index (χ4v) is 3.92. The van der Waals surface area contributed by atoms with E-state index in [1.54, 1.807) is 12.0 Å². The molecule has 1 fully saturated rings. The summed E-state index contributed by atoms with van der Waals surface area (Å²) in [6.07, 6.45) is 1.60. The number of nitrogens with zero attached hydrogens (tertiary/aromatic N) is 1. The molecule has 5 heteroatoms. The highest BCUT2D eigenvalue weighted by Gasteiger charge is 2.30. The van der Waals surface area contributed by atoms with Gasteiger partial charge in [-0.1, -0.05) is 39.0 Å². The van der Waals surface area contributed by atoms with Crippen molar-refractivity contribution in [3.8, 4) is 5.75 Å². The van der Waals surface area contributed by atoms with Crippen LogP contribution in [0, 0.1) is 12.8 Å². The van der Waals surface area contributed by atoms with Crippen molar-refractivity contribution in [1.82, 2.24) is 4.90 Å². The Hall–Kier alpha value is -2.82. The Balaban J connectivity index is 1.70. The molecule has 5 nitrogen and oxygen atoms in total. The van der Waals surface area contributed by atoms with E-state index in [1.165, 1.54) is 5.56 Å². The van der Waals surface area contributed by atoms with Crippen LogP contribution in [-0.2, 0) is 10.2 Å². The van der Waals surface area contributed by atoms with E-state index >= 15 is 0 Å². The fourth-order valence-electron chi connectivity index (χ4n) is 3.92. The second kappa shape index (κ2) is 8.90. The van der Waals surface area contributed by atoms with Crippen molar-refractivity contribution < 1.29 is 14.3 Å². The van der Waals surface area contributed by atoms with Crippen LogP contribution in [0.15, 0.2) is 42.5 Å². The second-order valence-electron chi connectivity index (χ2n) is 9.04. The molecule has 1 atom stereocenters. The van der Waals surface area contributed by atoms with Crippen LogP contribution >= 0.6 is 0 Å². The standard InChI is InChI=1S/C25H32N2O3/c1-17-21(12-7-13-22(17)30-5)24(29)27-14-8-9-18(16-27)23(28)26-20-11-6-10-19(15-20)25(2,3)4/h6-7,10-13,15,18H,8-9,14,16H2,1-5H3,(H,26,28)/t18-/m0/s1. The van der Waals surface area contributed by atoms with Gasteiger partial charge in [-0.15, -0.1) is 0 Å². The molecular formula is C25H32N2O3. The van der Waals surface area contributed by atoms with Crippen LogP contribution in [0.1, 0.15) is 55.1 Å². The third-order valence-electron chi connectivity index (χ3n) is 5.81. The largest absolute Gasteiger partial charge is 0.496 e. The summed E-state index contributed by atoms with van der Waals surface area (Å²) in [5, 5.41) is 3.06. The van der Waals surface area contributed by atoms with Crippen LogP contribution in [0.5, 0.6) is 5.75 Å². The van der Waals surface area contributed by atoms with Crippen LogP contribution < -0.4 is 10.1 Å². The van der Waals surface area contributed by atoms with Gasteiger partial charge in [-0.3, -0.25) is 9.59 Å². The molecule has 1 saturated heterocycles. The lowest BCUT2D eigenvalue weighted by Crippen LogP contribution is -2.44.